The number of nitro groups is 1. The van der Waals surface area contributed by atoms with Crippen LogP contribution in [0.4, 0.5) is 5.69 Å². The van der Waals surface area contributed by atoms with Gasteiger partial charge in [-0.2, -0.15) is 0 Å². The number of nitro benzene ring substituents is 1. The van der Waals surface area contributed by atoms with E-state index in [1.807, 2.05) is 0 Å². The van der Waals surface area contributed by atoms with Gasteiger partial charge in [-0.05, 0) is 12.1 Å². The van der Waals surface area contributed by atoms with Gasteiger partial charge in [-0.1, -0.05) is 11.6 Å². The second kappa shape index (κ2) is 5.77. The van der Waals surface area contributed by atoms with Crippen molar-refractivity contribution in [2.45, 2.75) is 0 Å². The van der Waals surface area contributed by atoms with E-state index in [1.54, 1.807) is 32.4 Å². The first-order chi connectivity index (χ1) is 11.0. The molecule has 1 aromatic heterocycles. The molecule has 0 spiro atoms. The Balaban J connectivity index is 2.14. The number of benzene rings is 2. The van der Waals surface area contributed by atoms with Crippen LogP contribution >= 0.6 is 11.6 Å². The second-order valence-corrected chi connectivity index (χ2v) is 5.14. The van der Waals surface area contributed by atoms with E-state index < -0.39 is 4.92 Å². The number of imidazole rings is 1. The summed E-state index contributed by atoms with van der Waals surface area (Å²) in [5.74, 6) is 1.62. The zero-order valence-corrected chi connectivity index (χ0v) is 13.0. The normalized spacial score (nSPS) is 10.7. The highest BCUT2D eigenvalue weighted by Gasteiger charge is 2.16. The molecule has 0 aliphatic rings. The van der Waals surface area contributed by atoms with Crippen molar-refractivity contribution < 1.29 is 14.4 Å². The summed E-state index contributed by atoms with van der Waals surface area (Å²) in [6, 6.07) is 8.02. The van der Waals surface area contributed by atoms with Crippen LogP contribution in [-0.2, 0) is 0 Å². The lowest BCUT2D eigenvalue weighted by atomic mass is 10.2. The quantitative estimate of drug-likeness (QED) is 0.579. The minimum absolute atomic E-state index is 0.0817. The van der Waals surface area contributed by atoms with Crippen LogP contribution in [0.15, 0.2) is 30.3 Å². The number of hydrogen-bond acceptors (Lipinski definition) is 5. The Hall–Kier alpha value is -2.80. The summed E-state index contributed by atoms with van der Waals surface area (Å²) >= 11 is 5.83. The van der Waals surface area contributed by atoms with Crippen LogP contribution in [0.1, 0.15) is 0 Å². The first kappa shape index (κ1) is 15.1. The third-order valence-electron chi connectivity index (χ3n) is 3.40. The third kappa shape index (κ3) is 2.66. The summed E-state index contributed by atoms with van der Waals surface area (Å²) in [7, 11) is 3.09. The number of fused-ring (bicyclic) bond motifs is 1. The Morgan fingerprint density at radius 3 is 2.52 bits per heavy atom. The summed E-state index contributed by atoms with van der Waals surface area (Å²) in [5, 5.41) is 11.1. The smallest absolute Gasteiger partial charge is 0.288 e. The number of nitrogens with one attached hydrogen (secondary N) is 1. The standard InChI is InChI=1S/C15H12ClN3O4/c1-22-13-6-10-11(7-14(13)23-2)18-15(17-10)8-3-4-9(16)12(5-8)19(20)21/h3-7H,1-2H3,(H,17,18). The number of rotatable bonds is 4. The average Bonchev–Trinajstić information content (AvgIpc) is 2.96. The molecule has 3 rings (SSSR count). The van der Waals surface area contributed by atoms with Gasteiger partial charge in [0.05, 0.1) is 30.2 Å². The van der Waals surface area contributed by atoms with E-state index in [-0.39, 0.29) is 10.7 Å². The molecular weight excluding hydrogens is 322 g/mol. The summed E-state index contributed by atoms with van der Waals surface area (Å²) < 4.78 is 10.5. The zero-order chi connectivity index (χ0) is 16.6. The Labute approximate surface area is 136 Å². The van der Waals surface area contributed by atoms with Gasteiger partial charge in [0.1, 0.15) is 10.8 Å². The van der Waals surface area contributed by atoms with Gasteiger partial charge in [0, 0.05) is 23.8 Å². The summed E-state index contributed by atoms with van der Waals surface area (Å²) in [5.41, 5.74) is 1.79. The van der Waals surface area contributed by atoms with E-state index in [2.05, 4.69) is 9.97 Å². The number of halogens is 1. The Morgan fingerprint density at radius 2 is 1.87 bits per heavy atom. The molecule has 0 aliphatic heterocycles. The monoisotopic (exact) mass is 333 g/mol. The minimum Gasteiger partial charge on any atom is -0.493 e. The lowest BCUT2D eigenvalue weighted by molar-refractivity contribution is -0.384. The van der Waals surface area contributed by atoms with E-state index in [0.717, 1.165) is 5.52 Å². The molecule has 3 aromatic rings. The van der Waals surface area contributed by atoms with Crippen LogP contribution in [-0.4, -0.2) is 29.1 Å². The lowest BCUT2D eigenvalue weighted by Gasteiger charge is -2.06. The molecule has 0 atom stereocenters. The Kier molecular flexibility index (Phi) is 3.79. The SMILES string of the molecule is COc1cc2nc(-c3ccc(Cl)c([N+](=O)[O-])c3)[nH]c2cc1OC. The molecule has 0 unspecified atom stereocenters. The van der Waals surface area contributed by atoms with Crippen molar-refractivity contribution in [1.82, 2.24) is 9.97 Å². The largest absolute Gasteiger partial charge is 0.493 e. The fourth-order valence-electron chi connectivity index (χ4n) is 2.27. The average molecular weight is 334 g/mol. The van der Waals surface area contributed by atoms with E-state index in [9.17, 15) is 10.1 Å². The molecule has 0 radical (unpaired) electrons. The predicted molar refractivity (Wildman–Crippen MR) is 86.3 cm³/mol. The van der Waals surface area contributed by atoms with Gasteiger partial charge in [0.25, 0.3) is 5.69 Å². The van der Waals surface area contributed by atoms with E-state index in [4.69, 9.17) is 21.1 Å². The highest BCUT2D eigenvalue weighted by atomic mass is 35.5. The molecular formula is C15H12ClN3O4. The molecule has 0 saturated carbocycles. The predicted octanol–water partition coefficient (Wildman–Crippen LogP) is 3.81. The maximum absolute atomic E-state index is 11.0. The van der Waals surface area contributed by atoms with Crippen molar-refractivity contribution >= 4 is 28.3 Å². The van der Waals surface area contributed by atoms with E-state index >= 15 is 0 Å². The van der Waals surface area contributed by atoms with Crippen LogP contribution in [0.2, 0.25) is 5.02 Å². The number of methoxy groups -OCH3 is 2. The highest BCUT2D eigenvalue weighted by Crippen LogP contribution is 2.34. The molecule has 0 fully saturated rings. The van der Waals surface area contributed by atoms with Crippen molar-refractivity contribution in [1.29, 1.82) is 0 Å². The van der Waals surface area contributed by atoms with Gasteiger partial charge in [0.2, 0.25) is 0 Å². The Morgan fingerprint density at radius 1 is 1.17 bits per heavy atom. The molecule has 0 amide bonds. The van der Waals surface area contributed by atoms with Gasteiger partial charge >= 0.3 is 0 Å². The van der Waals surface area contributed by atoms with Gasteiger partial charge in [-0.25, -0.2) is 4.98 Å². The van der Waals surface area contributed by atoms with Gasteiger partial charge in [-0.3, -0.25) is 10.1 Å². The molecule has 118 valence electrons. The summed E-state index contributed by atoms with van der Waals surface area (Å²) in [4.78, 5) is 18.0. The van der Waals surface area contributed by atoms with Crippen molar-refractivity contribution in [3.63, 3.8) is 0 Å². The fourth-order valence-corrected chi connectivity index (χ4v) is 2.46. The minimum atomic E-state index is -0.527. The lowest BCUT2D eigenvalue weighted by Crippen LogP contribution is -1.90. The second-order valence-electron chi connectivity index (χ2n) is 4.73. The van der Waals surface area contributed by atoms with Crippen molar-refractivity contribution in [3.8, 4) is 22.9 Å². The maximum Gasteiger partial charge on any atom is 0.288 e. The van der Waals surface area contributed by atoms with E-state index in [1.165, 1.54) is 12.1 Å². The number of aromatic amines is 1. The third-order valence-corrected chi connectivity index (χ3v) is 3.72. The molecule has 2 aromatic carbocycles. The molecule has 0 saturated heterocycles. The van der Waals surface area contributed by atoms with Gasteiger partial charge in [-0.15, -0.1) is 0 Å². The number of H-pyrrole nitrogens is 1. The van der Waals surface area contributed by atoms with Crippen molar-refractivity contribution in [2.24, 2.45) is 0 Å². The molecule has 23 heavy (non-hydrogen) atoms. The summed E-state index contributed by atoms with van der Waals surface area (Å²) in [6.45, 7) is 0. The van der Waals surface area contributed by atoms with Gasteiger partial charge < -0.3 is 14.5 Å². The van der Waals surface area contributed by atoms with Crippen molar-refractivity contribution in [2.75, 3.05) is 14.2 Å². The van der Waals surface area contributed by atoms with Gasteiger partial charge in [0.15, 0.2) is 11.5 Å². The highest BCUT2D eigenvalue weighted by molar-refractivity contribution is 6.32. The molecule has 1 N–H and O–H groups in total. The Bertz CT molecular complexity index is 866. The number of ether oxygens (including phenoxy) is 2. The van der Waals surface area contributed by atoms with Crippen LogP contribution < -0.4 is 9.47 Å². The zero-order valence-electron chi connectivity index (χ0n) is 12.3. The van der Waals surface area contributed by atoms with Crippen LogP contribution in [0.5, 0.6) is 11.5 Å². The summed E-state index contributed by atoms with van der Waals surface area (Å²) in [6.07, 6.45) is 0. The molecule has 0 bridgehead atoms. The first-order valence-electron chi connectivity index (χ1n) is 6.59. The molecule has 8 heteroatoms. The molecule has 1 heterocycles. The topological polar surface area (TPSA) is 90.3 Å². The van der Waals surface area contributed by atoms with Crippen LogP contribution in [0.3, 0.4) is 0 Å². The van der Waals surface area contributed by atoms with Crippen molar-refractivity contribution in [3.05, 3.63) is 45.5 Å². The number of aromatic nitrogens is 2. The number of hydrogen-bond donors (Lipinski definition) is 1. The fraction of sp³-hybridized carbons (Fsp3) is 0.133. The first-order valence-corrected chi connectivity index (χ1v) is 6.97. The maximum atomic E-state index is 11.0. The molecule has 7 nitrogen and oxygen atoms in total. The molecule has 0 aliphatic carbocycles. The number of nitrogens with zero attached hydrogens (tertiary/aromatic N) is 2. The van der Waals surface area contributed by atoms with Crippen LogP contribution in [0.25, 0.3) is 22.4 Å². The van der Waals surface area contributed by atoms with Crippen LogP contribution in [0, 0.1) is 10.1 Å². The van der Waals surface area contributed by atoms with E-state index in [0.29, 0.717) is 28.4 Å².